The first-order valence-electron chi connectivity index (χ1n) is 11.2. The number of aryl methyl sites for hydroxylation is 1. The summed E-state index contributed by atoms with van der Waals surface area (Å²) in [6.45, 7) is 1.87. The molecule has 4 rings (SSSR count). The minimum absolute atomic E-state index is 0.0539. The van der Waals surface area contributed by atoms with Gasteiger partial charge in [-0.25, -0.2) is 0 Å². The van der Waals surface area contributed by atoms with Gasteiger partial charge in [-0.1, -0.05) is 41.6 Å². The molecule has 2 atom stereocenters. The molecule has 0 aliphatic carbocycles. The van der Waals surface area contributed by atoms with Crippen molar-refractivity contribution in [3.05, 3.63) is 87.2 Å². The summed E-state index contributed by atoms with van der Waals surface area (Å²) >= 11 is 0.909. The van der Waals surface area contributed by atoms with E-state index in [1.165, 1.54) is 19.2 Å². The van der Waals surface area contributed by atoms with Crippen LogP contribution in [0, 0.1) is 18.3 Å². The lowest BCUT2D eigenvalue weighted by molar-refractivity contribution is -0.142. The fourth-order valence-electron chi connectivity index (χ4n) is 4.18. The number of nitrogens with zero attached hydrogens (tertiary/aromatic N) is 2. The van der Waals surface area contributed by atoms with Crippen LogP contribution in [0.5, 0.6) is 0 Å². The van der Waals surface area contributed by atoms with Crippen molar-refractivity contribution in [1.82, 2.24) is 4.90 Å². The summed E-state index contributed by atoms with van der Waals surface area (Å²) in [5, 5.41) is 11.9. The predicted molar refractivity (Wildman–Crippen MR) is 133 cm³/mol. The Bertz CT molecular complexity index is 1410. The predicted octanol–water partition coefficient (Wildman–Crippen LogP) is 4.16. The Balaban J connectivity index is 1.87. The Morgan fingerprint density at radius 1 is 1.16 bits per heavy atom. The van der Waals surface area contributed by atoms with E-state index in [0.717, 1.165) is 34.4 Å². The second-order valence-corrected chi connectivity index (χ2v) is 9.75. The summed E-state index contributed by atoms with van der Waals surface area (Å²) in [4.78, 5) is 39.8. The van der Waals surface area contributed by atoms with Gasteiger partial charge >= 0.3 is 12.1 Å². The zero-order valence-corrected chi connectivity index (χ0v) is 20.9. The van der Waals surface area contributed by atoms with Crippen molar-refractivity contribution in [3.8, 4) is 6.07 Å². The molecule has 12 heteroatoms. The fraction of sp³-hybridized carbons (Fsp3) is 0.231. The third-order valence-corrected chi connectivity index (χ3v) is 7.38. The van der Waals surface area contributed by atoms with Gasteiger partial charge < -0.3 is 15.8 Å². The number of amides is 2. The number of esters is 1. The van der Waals surface area contributed by atoms with Crippen LogP contribution in [0.3, 0.4) is 0 Å². The van der Waals surface area contributed by atoms with E-state index in [4.69, 9.17) is 5.73 Å². The first-order chi connectivity index (χ1) is 18.0. The Morgan fingerprint density at radius 3 is 2.34 bits per heavy atom. The van der Waals surface area contributed by atoms with Crippen LogP contribution >= 0.6 is 11.8 Å². The van der Waals surface area contributed by atoms with Gasteiger partial charge in [-0.3, -0.25) is 19.3 Å². The Labute approximate surface area is 219 Å². The smallest absolute Gasteiger partial charge is 0.416 e. The first kappa shape index (κ1) is 26.8. The average Bonchev–Trinajstić information content (AvgIpc) is 3.20. The van der Waals surface area contributed by atoms with Crippen molar-refractivity contribution in [3.63, 3.8) is 0 Å². The van der Waals surface area contributed by atoms with Crippen LogP contribution in [-0.4, -0.2) is 35.0 Å². The molecule has 1 saturated heterocycles. The average molecular weight is 543 g/mol. The Hall–Kier alpha value is -4.24. The lowest BCUT2D eigenvalue weighted by atomic mass is 9.82. The molecule has 8 nitrogen and oxygen atoms in total. The monoisotopic (exact) mass is 542 g/mol. The van der Waals surface area contributed by atoms with Crippen molar-refractivity contribution in [2.75, 3.05) is 12.4 Å². The maximum Gasteiger partial charge on any atom is 0.416 e. The number of hydrogen-bond acceptors (Lipinski definition) is 7. The van der Waals surface area contributed by atoms with Crippen LogP contribution in [0.4, 0.5) is 18.9 Å². The summed E-state index contributed by atoms with van der Waals surface area (Å²) in [6, 6.07) is 12.8. The molecule has 0 saturated carbocycles. The molecule has 1 fully saturated rings. The summed E-state index contributed by atoms with van der Waals surface area (Å²) in [7, 11) is 1.17. The molecule has 0 aromatic heterocycles. The number of alkyl halides is 3. The van der Waals surface area contributed by atoms with Crippen molar-refractivity contribution in [1.29, 1.82) is 5.26 Å². The van der Waals surface area contributed by atoms with Crippen LogP contribution in [0.15, 0.2) is 70.5 Å². The third-order valence-electron chi connectivity index (χ3n) is 6.10. The van der Waals surface area contributed by atoms with Gasteiger partial charge in [0, 0.05) is 5.69 Å². The number of fused-ring (bicyclic) bond motifs is 1. The minimum atomic E-state index is -4.59. The van der Waals surface area contributed by atoms with E-state index in [2.05, 4.69) is 10.1 Å². The number of allylic oxidation sites excluding steroid dienone is 1. The van der Waals surface area contributed by atoms with Crippen LogP contribution in [0.2, 0.25) is 0 Å². The minimum Gasteiger partial charge on any atom is -0.469 e. The number of halogens is 3. The molecule has 0 bridgehead atoms. The van der Waals surface area contributed by atoms with Crippen LogP contribution in [0.1, 0.15) is 29.0 Å². The molecule has 196 valence electrons. The van der Waals surface area contributed by atoms with Gasteiger partial charge in [-0.15, -0.1) is 0 Å². The van der Waals surface area contributed by atoms with Crippen molar-refractivity contribution < 1.29 is 32.3 Å². The summed E-state index contributed by atoms with van der Waals surface area (Å²) in [6.07, 6.45) is -4.90. The van der Waals surface area contributed by atoms with E-state index in [9.17, 15) is 32.8 Å². The molecule has 2 amide bonds. The highest BCUT2D eigenvalue weighted by Crippen LogP contribution is 2.50. The van der Waals surface area contributed by atoms with E-state index in [1.54, 1.807) is 24.3 Å². The van der Waals surface area contributed by atoms with Crippen molar-refractivity contribution in [2.45, 2.75) is 30.7 Å². The van der Waals surface area contributed by atoms with Crippen molar-refractivity contribution >= 4 is 35.2 Å². The van der Waals surface area contributed by atoms with E-state index in [1.807, 2.05) is 13.0 Å². The second-order valence-electron chi connectivity index (χ2n) is 8.56. The lowest BCUT2D eigenvalue weighted by Crippen LogP contribution is -2.39. The van der Waals surface area contributed by atoms with Gasteiger partial charge in [-0.05, 0) is 36.8 Å². The van der Waals surface area contributed by atoms with Gasteiger partial charge in [0.25, 0.3) is 5.91 Å². The molecule has 2 aromatic carbocycles. The number of carbonyl (C=O) groups is 3. The summed E-state index contributed by atoms with van der Waals surface area (Å²) in [5.41, 5.74) is 6.66. The van der Waals surface area contributed by atoms with Crippen molar-refractivity contribution in [2.24, 2.45) is 5.73 Å². The number of hydrogen-bond donors (Lipinski definition) is 2. The van der Waals surface area contributed by atoms with Crippen LogP contribution in [0.25, 0.3) is 0 Å². The molecule has 2 heterocycles. The van der Waals surface area contributed by atoms with E-state index in [-0.39, 0.29) is 34.0 Å². The molecule has 3 N–H and O–H groups in total. The number of carbonyl (C=O) groups excluding carboxylic acids is 3. The first-order valence-corrected chi connectivity index (χ1v) is 12.1. The standard InChI is InChI=1S/C26H21F3N4O4S/c1-13-3-9-16(10-4-13)32-23(35)21-20(14-5-7-15(8-6-14)26(27,28)29)17(12-30)22(31)33-24(36)18(38-25(21)33)11-19(34)37-2/h3-10,18,20H,11,31H2,1-2H3,(H,32,35)/t18-,20-/m0/s1. The highest BCUT2D eigenvalue weighted by atomic mass is 32.2. The number of anilines is 1. The number of benzene rings is 2. The number of nitrogens with one attached hydrogen (secondary N) is 1. The van der Waals surface area contributed by atoms with Crippen LogP contribution in [-0.2, 0) is 25.3 Å². The van der Waals surface area contributed by atoms with E-state index in [0.29, 0.717) is 5.69 Å². The molecular weight excluding hydrogens is 521 g/mol. The number of ether oxygens (including phenoxy) is 1. The largest absolute Gasteiger partial charge is 0.469 e. The zero-order valence-electron chi connectivity index (χ0n) is 20.1. The number of thioether (sulfide) groups is 1. The fourth-order valence-corrected chi connectivity index (χ4v) is 5.50. The van der Waals surface area contributed by atoms with Gasteiger partial charge in [0.15, 0.2) is 0 Å². The molecular formula is C26H21F3N4O4S. The highest BCUT2D eigenvalue weighted by molar-refractivity contribution is 8.04. The van der Waals surface area contributed by atoms with Gasteiger partial charge in [0.2, 0.25) is 5.91 Å². The number of nitriles is 1. The highest BCUT2D eigenvalue weighted by Gasteiger charge is 2.48. The molecule has 2 aromatic rings. The topological polar surface area (TPSA) is 126 Å². The zero-order chi connectivity index (χ0) is 27.8. The molecule has 0 unspecified atom stereocenters. The van der Waals surface area contributed by atoms with E-state index < -0.39 is 40.7 Å². The number of rotatable bonds is 5. The van der Waals surface area contributed by atoms with Gasteiger partial charge in [-0.2, -0.15) is 18.4 Å². The SMILES string of the molecule is COC(=O)C[C@@H]1SC2=C(C(=O)Nc3ccc(C)cc3)[C@@H](c3ccc(C(F)(F)F)cc3)C(C#N)=C(N)N2C1=O. The molecule has 0 radical (unpaired) electrons. The molecule has 2 aliphatic rings. The second kappa shape index (κ2) is 10.3. The Morgan fingerprint density at radius 2 is 1.79 bits per heavy atom. The van der Waals surface area contributed by atoms with E-state index >= 15 is 0 Å². The summed E-state index contributed by atoms with van der Waals surface area (Å²) < 4.78 is 44.3. The Kier molecular flexibility index (Phi) is 7.24. The number of methoxy groups -OCH3 is 1. The summed E-state index contributed by atoms with van der Waals surface area (Å²) in [5.74, 6) is -3.39. The lowest BCUT2D eigenvalue weighted by Gasteiger charge is -2.32. The van der Waals surface area contributed by atoms with Crippen LogP contribution < -0.4 is 11.1 Å². The van der Waals surface area contributed by atoms with Gasteiger partial charge in [0.05, 0.1) is 47.3 Å². The maximum atomic E-state index is 13.7. The molecule has 2 aliphatic heterocycles. The maximum absolute atomic E-state index is 13.7. The van der Waals surface area contributed by atoms with Gasteiger partial charge in [0.1, 0.15) is 11.1 Å². The molecule has 0 spiro atoms. The quantitative estimate of drug-likeness (QED) is 0.544. The normalized spacial score (nSPS) is 19.3. The molecule has 38 heavy (non-hydrogen) atoms. The third kappa shape index (κ3) is 4.97. The number of nitrogens with two attached hydrogens (primary N) is 1.